The third kappa shape index (κ3) is 6.16. The number of halogens is 2. The molecule has 0 unspecified atom stereocenters. The van der Waals surface area contributed by atoms with E-state index in [9.17, 15) is 13.6 Å². The molecule has 1 saturated heterocycles. The highest BCUT2D eigenvalue weighted by molar-refractivity contribution is 5.67. The zero-order chi connectivity index (χ0) is 22.4. The van der Waals surface area contributed by atoms with Crippen molar-refractivity contribution in [2.45, 2.75) is 45.8 Å². The summed E-state index contributed by atoms with van der Waals surface area (Å²) in [7, 11) is 0. The minimum Gasteiger partial charge on any atom is -0.491 e. The van der Waals surface area contributed by atoms with E-state index in [1.54, 1.807) is 11.8 Å². The molecule has 1 amide bonds. The Morgan fingerprint density at radius 3 is 2.61 bits per heavy atom. The van der Waals surface area contributed by atoms with Gasteiger partial charge in [-0.05, 0) is 20.8 Å². The number of nitrogens with one attached hydrogen (secondary N) is 1. The van der Waals surface area contributed by atoms with E-state index in [0.717, 1.165) is 12.1 Å². The monoisotopic (exact) mass is 436 g/mol. The molecule has 1 aromatic heterocycles. The van der Waals surface area contributed by atoms with Gasteiger partial charge in [0.1, 0.15) is 18.2 Å². The fourth-order valence-corrected chi connectivity index (χ4v) is 3.10. The van der Waals surface area contributed by atoms with Crippen molar-refractivity contribution in [2.75, 3.05) is 25.0 Å². The van der Waals surface area contributed by atoms with Crippen molar-refractivity contribution in [1.82, 2.24) is 14.9 Å². The third-order valence-corrected chi connectivity index (χ3v) is 4.55. The van der Waals surface area contributed by atoms with E-state index in [0.29, 0.717) is 31.8 Å². The number of nitrogens with zero attached hydrogens (tertiary/aromatic N) is 3. The highest BCUT2D eigenvalue weighted by Gasteiger charge is 2.25. The molecule has 10 heteroatoms. The molecular formula is C21H26F2N4O4. The van der Waals surface area contributed by atoms with Crippen molar-refractivity contribution < 1.29 is 27.8 Å². The van der Waals surface area contributed by atoms with Gasteiger partial charge in [-0.3, -0.25) is 0 Å². The molecule has 0 bridgehead atoms. The second kappa shape index (κ2) is 10.2. The van der Waals surface area contributed by atoms with Crippen LogP contribution >= 0.6 is 0 Å². The minimum absolute atomic E-state index is 0.0809. The molecule has 1 aliphatic rings. The van der Waals surface area contributed by atoms with Gasteiger partial charge in [-0.15, -0.1) is 0 Å². The van der Waals surface area contributed by atoms with Crippen LogP contribution < -0.4 is 14.8 Å². The summed E-state index contributed by atoms with van der Waals surface area (Å²) in [5, 5.41) is 2.73. The molecule has 8 nitrogen and oxygen atoms in total. The summed E-state index contributed by atoms with van der Waals surface area (Å²) < 4.78 is 44.5. The average molecular weight is 436 g/mol. The molecule has 0 aliphatic carbocycles. The van der Waals surface area contributed by atoms with Crippen LogP contribution in [0.4, 0.5) is 25.1 Å². The van der Waals surface area contributed by atoms with Gasteiger partial charge in [0.25, 0.3) is 0 Å². The van der Waals surface area contributed by atoms with E-state index in [4.69, 9.17) is 14.2 Å². The highest BCUT2D eigenvalue weighted by atomic mass is 19.1. The summed E-state index contributed by atoms with van der Waals surface area (Å²) in [4.78, 5) is 21.7. The van der Waals surface area contributed by atoms with Gasteiger partial charge in [-0.25, -0.2) is 23.5 Å². The number of carbonyl (C=O) groups is 1. The van der Waals surface area contributed by atoms with Gasteiger partial charge < -0.3 is 24.4 Å². The van der Waals surface area contributed by atoms with Crippen LogP contribution in [0.5, 0.6) is 11.6 Å². The normalized spacial score (nSPS) is 14.5. The zero-order valence-corrected chi connectivity index (χ0v) is 17.7. The van der Waals surface area contributed by atoms with Crippen LogP contribution in [-0.4, -0.2) is 52.9 Å². The second-order valence-corrected chi connectivity index (χ2v) is 7.30. The Hall–Kier alpha value is -3.17. The van der Waals surface area contributed by atoms with Crippen LogP contribution in [-0.2, 0) is 4.74 Å². The Morgan fingerprint density at radius 1 is 1.19 bits per heavy atom. The molecule has 1 N–H and O–H groups in total. The maximum Gasteiger partial charge on any atom is 0.410 e. The van der Waals surface area contributed by atoms with Gasteiger partial charge in [0.05, 0.1) is 18.4 Å². The number of amides is 1. The molecule has 0 spiro atoms. The Labute approximate surface area is 179 Å². The van der Waals surface area contributed by atoms with E-state index >= 15 is 0 Å². The zero-order valence-electron chi connectivity index (χ0n) is 17.7. The molecule has 31 heavy (non-hydrogen) atoms. The van der Waals surface area contributed by atoms with Crippen molar-refractivity contribution in [3.63, 3.8) is 0 Å². The summed E-state index contributed by atoms with van der Waals surface area (Å²) in [6, 6.07) is 3.50. The number of ether oxygens (including phenoxy) is 3. The highest BCUT2D eigenvalue weighted by Crippen LogP contribution is 2.28. The Bertz CT molecular complexity index is 905. The van der Waals surface area contributed by atoms with Crippen molar-refractivity contribution in [1.29, 1.82) is 0 Å². The Kier molecular flexibility index (Phi) is 7.43. The predicted molar refractivity (Wildman–Crippen MR) is 110 cm³/mol. The maximum atomic E-state index is 14.3. The number of rotatable bonds is 7. The van der Waals surface area contributed by atoms with Gasteiger partial charge >= 0.3 is 6.09 Å². The van der Waals surface area contributed by atoms with E-state index in [-0.39, 0.29) is 42.2 Å². The summed E-state index contributed by atoms with van der Waals surface area (Å²) in [6.45, 7) is 6.57. The molecule has 2 aromatic rings. The maximum absolute atomic E-state index is 14.3. The number of piperidine rings is 1. The molecule has 1 aliphatic heterocycles. The number of hydrogen-bond acceptors (Lipinski definition) is 7. The van der Waals surface area contributed by atoms with Crippen molar-refractivity contribution in [2.24, 2.45) is 0 Å². The number of carbonyl (C=O) groups excluding carboxylic acids is 1. The van der Waals surface area contributed by atoms with Crippen LogP contribution in [0.1, 0.15) is 33.6 Å². The van der Waals surface area contributed by atoms with Gasteiger partial charge in [-0.1, -0.05) is 0 Å². The smallest absolute Gasteiger partial charge is 0.410 e. The van der Waals surface area contributed by atoms with Gasteiger partial charge in [0.15, 0.2) is 17.4 Å². The lowest BCUT2D eigenvalue weighted by atomic mass is 10.1. The molecule has 168 valence electrons. The quantitative estimate of drug-likeness (QED) is 0.693. The molecular weight excluding hydrogens is 410 g/mol. The first kappa shape index (κ1) is 22.5. The number of likely N-dealkylation sites (tertiary alicyclic amines) is 1. The molecule has 2 heterocycles. The lowest BCUT2D eigenvalue weighted by molar-refractivity contribution is 0.0507. The van der Waals surface area contributed by atoms with Crippen LogP contribution in [0.25, 0.3) is 0 Å². The predicted octanol–water partition coefficient (Wildman–Crippen LogP) is 4.29. The van der Waals surface area contributed by atoms with Crippen LogP contribution in [0.15, 0.2) is 24.5 Å². The van der Waals surface area contributed by atoms with Crippen molar-refractivity contribution in [3.05, 3.63) is 36.2 Å². The number of aromatic nitrogens is 2. The third-order valence-electron chi connectivity index (χ3n) is 4.55. The van der Waals surface area contributed by atoms with E-state index in [2.05, 4.69) is 15.3 Å². The minimum atomic E-state index is -0.681. The first-order valence-corrected chi connectivity index (χ1v) is 10.2. The SMILES string of the molecule is CCOc1cc(F)c(Nc2cc(OC3CCN(C(=O)OC(C)C)CC3)ncn2)cc1F. The first-order valence-electron chi connectivity index (χ1n) is 10.2. The lowest BCUT2D eigenvalue weighted by Crippen LogP contribution is -2.42. The molecule has 0 radical (unpaired) electrons. The summed E-state index contributed by atoms with van der Waals surface area (Å²) in [5.41, 5.74) is -0.0809. The fraction of sp³-hybridized carbons (Fsp3) is 0.476. The average Bonchev–Trinajstić information content (AvgIpc) is 2.72. The summed E-state index contributed by atoms with van der Waals surface area (Å²) in [5.74, 6) is -0.954. The molecule has 3 rings (SSSR count). The van der Waals surface area contributed by atoms with Gasteiger partial charge in [0, 0.05) is 44.1 Å². The second-order valence-electron chi connectivity index (χ2n) is 7.30. The largest absolute Gasteiger partial charge is 0.491 e. The van der Waals surface area contributed by atoms with E-state index in [1.807, 2.05) is 13.8 Å². The first-order chi connectivity index (χ1) is 14.9. The standard InChI is InChI=1S/C21H26F2N4O4/c1-4-29-18-10-15(22)17(9-16(18)23)26-19-11-20(25-12-24-19)31-14-5-7-27(8-6-14)21(28)30-13(2)3/h9-14H,4-8H2,1-3H3,(H,24,25,26). The number of anilines is 2. The molecule has 1 aromatic carbocycles. The fourth-order valence-electron chi connectivity index (χ4n) is 3.10. The Balaban J connectivity index is 1.59. The van der Waals surface area contributed by atoms with Crippen LogP contribution in [0.2, 0.25) is 0 Å². The topological polar surface area (TPSA) is 85.8 Å². The van der Waals surface area contributed by atoms with E-state index in [1.165, 1.54) is 12.4 Å². The number of hydrogen-bond donors (Lipinski definition) is 1. The summed E-state index contributed by atoms with van der Waals surface area (Å²) >= 11 is 0. The van der Waals surface area contributed by atoms with Crippen molar-refractivity contribution >= 4 is 17.6 Å². The van der Waals surface area contributed by atoms with Crippen LogP contribution in [0.3, 0.4) is 0 Å². The summed E-state index contributed by atoms with van der Waals surface area (Å²) in [6.07, 6.45) is 1.90. The molecule has 0 atom stereocenters. The van der Waals surface area contributed by atoms with E-state index < -0.39 is 11.6 Å². The van der Waals surface area contributed by atoms with Crippen molar-refractivity contribution in [3.8, 4) is 11.6 Å². The van der Waals surface area contributed by atoms with Crippen LogP contribution in [0, 0.1) is 11.6 Å². The Morgan fingerprint density at radius 2 is 1.94 bits per heavy atom. The van der Waals surface area contributed by atoms with Gasteiger partial charge in [-0.2, -0.15) is 0 Å². The lowest BCUT2D eigenvalue weighted by Gasteiger charge is -2.31. The molecule has 0 saturated carbocycles. The van der Waals surface area contributed by atoms with Gasteiger partial charge in [0.2, 0.25) is 5.88 Å². The number of benzene rings is 1. The molecule has 1 fully saturated rings.